The second kappa shape index (κ2) is 7.17. The molecule has 0 aliphatic carbocycles. The number of esters is 1. The SMILES string of the molecule is Cc1nc(NC(=O)C(C)C)sc1C(=O)OCc1ccccc1. The van der Waals surface area contributed by atoms with Crippen molar-refractivity contribution in [3.63, 3.8) is 0 Å². The molecule has 1 aromatic carbocycles. The van der Waals surface area contributed by atoms with Crippen LogP contribution in [0.4, 0.5) is 5.13 Å². The Morgan fingerprint density at radius 2 is 1.95 bits per heavy atom. The van der Waals surface area contributed by atoms with Crippen LogP contribution in [0.5, 0.6) is 0 Å². The number of carbonyl (C=O) groups excluding carboxylic acids is 2. The van der Waals surface area contributed by atoms with E-state index in [4.69, 9.17) is 4.74 Å². The van der Waals surface area contributed by atoms with E-state index in [-0.39, 0.29) is 18.4 Å². The zero-order valence-corrected chi connectivity index (χ0v) is 13.6. The smallest absolute Gasteiger partial charge is 0.350 e. The van der Waals surface area contributed by atoms with E-state index in [1.54, 1.807) is 20.8 Å². The average Bonchev–Trinajstić information content (AvgIpc) is 2.86. The van der Waals surface area contributed by atoms with Gasteiger partial charge in [-0.3, -0.25) is 4.79 Å². The summed E-state index contributed by atoms with van der Waals surface area (Å²) in [5.41, 5.74) is 1.48. The van der Waals surface area contributed by atoms with Crippen LogP contribution in [-0.2, 0) is 16.1 Å². The van der Waals surface area contributed by atoms with E-state index in [1.807, 2.05) is 30.3 Å². The van der Waals surface area contributed by atoms with Gasteiger partial charge in [0, 0.05) is 5.92 Å². The monoisotopic (exact) mass is 318 g/mol. The lowest BCUT2D eigenvalue weighted by atomic mass is 10.2. The van der Waals surface area contributed by atoms with Crippen molar-refractivity contribution >= 4 is 28.3 Å². The molecule has 22 heavy (non-hydrogen) atoms. The molecule has 1 heterocycles. The lowest BCUT2D eigenvalue weighted by Crippen LogP contribution is -2.17. The van der Waals surface area contributed by atoms with Gasteiger partial charge in [-0.25, -0.2) is 9.78 Å². The molecule has 0 unspecified atom stereocenters. The Hall–Kier alpha value is -2.21. The molecule has 1 aromatic heterocycles. The highest BCUT2D eigenvalue weighted by Gasteiger charge is 2.18. The number of hydrogen-bond donors (Lipinski definition) is 1. The minimum atomic E-state index is -0.427. The van der Waals surface area contributed by atoms with Crippen LogP contribution in [0.25, 0.3) is 0 Å². The summed E-state index contributed by atoms with van der Waals surface area (Å²) in [5, 5.41) is 3.11. The number of anilines is 1. The molecule has 0 fully saturated rings. The summed E-state index contributed by atoms with van der Waals surface area (Å²) in [4.78, 5) is 28.4. The second-order valence-electron chi connectivity index (χ2n) is 5.14. The molecule has 0 atom stereocenters. The lowest BCUT2D eigenvalue weighted by molar-refractivity contribution is -0.118. The lowest BCUT2D eigenvalue weighted by Gasteiger charge is -2.04. The van der Waals surface area contributed by atoms with Gasteiger partial charge in [-0.2, -0.15) is 0 Å². The maximum absolute atomic E-state index is 12.1. The van der Waals surface area contributed by atoms with Gasteiger partial charge in [-0.05, 0) is 12.5 Å². The maximum Gasteiger partial charge on any atom is 0.350 e. The molecule has 1 amide bonds. The molecule has 0 radical (unpaired) electrons. The van der Waals surface area contributed by atoms with E-state index in [9.17, 15) is 9.59 Å². The number of carbonyl (C=O) groups is 2. The Morgan fingerprint density at radius 1 is 1.27 bits per heavy atom. The molecule has 0 bridgehead atoms. The van der Waals surface area contributed by atoms with Crippen LogP contribution in [0.3, 0.4) is 0 Å². The first-order valence-electron chi connectivity index (χ1n) is 6.96. The number of nitrogens with zero attached hydrogens (tertiary/aromatic N) is 1. The standard InChI is InChI=1S/C16H18N2O3S/c1-10(2)14(19)18-16-17-11(3)13(22-16)15(20)21-9-12-7-5-4-6-8-12/h4-8,10H,9H2,1-3H3,(H,17,18,19). The second-order valence-corrected chi connectivity index (χ2v) is 6.14. The fourth-order valence-corrected chi connectivity index (χ4v) is 2.54. The number of aromatic nitrogens is 1. The highest BCUT2D eigenvalue weighted by molar-refractivity contribution is 7.17. The summed E-state index contributed by atoms with van der Waals surface area (Å²) in [6.07, 6.45) is 0. The van der Waals surface area contributed by atoms with Crippen LogP contribution >= 0.6 is 11.3 Å². The van der Waals surface area contributed by atoms with Crippen molar-refractivity contribution in [1.82, 2.24) is 4.98 Å². The molecule has 0 saturated carbocycles. The average molecular weight is 318 g/mol. The minimum Gasteiger partial charge on any atom is -0.457 e. The van der Waals surface area contributed by atoms with Crippen molar-refractivity contribution in [3.05, 3.63) is 46.5 Å². The zero-order valence-electron chi connectivity index (χ0n) is 12.8. The van der Waals surface area contributed by atoms with Crippen LogP contribution in [0.2, 0.25) is 0 Å². The van der Waals surface area contributed by atoms with Gasteiger partial charge in [0.05, 0.1) is 5.69 Å². The third-order valence-electron chi connectivity index (χ3n) is 2.95. The Bertz CT molecular complexity index is 665. The molecule has 0 aliphatic rings. The van der Waals surface area contributed by atoms with Crippen molar-refractivity contribution in [1.29, 1.82) is 0 Å². The predicted octanol–water partition coefficient (Wildman–Crippen LogP) is 3.40. The minimum absolute atomic E-state index is 0.127. The van der Waals surface area contributed by atoms with E-state index in [0.717, 1.165) is 16.9 Å². The molecule has 5 nitrogen and oxygen atoms in total. The molecule has 0 saturated heterocycles. The summed E-state index contributed by atoms with van der Waals surface area (Å²) in [6, 6.07) is 9.46. The topological polar surface area (TPSA) is 68.3 Å². The highest BCUT2D eigenvalue weighted by atomic mass is 32.1. The zero-order chi connectivity index (χ0) is 16.1. The Kier molecular flexibility index (Phi) is 5.27. The first-order chi connectivity index (χ1) is 10.5. The van der Waals surface area contributed by atoms with Gasteiger partial charge in [0.25, 0.3) is 0 Å². The number of aryl methyl sites for hydroxylation is 1. The van der Waals surface area contributed by atoms with Crippen LogP contribution in [0.1, 0.15) is 34.8 Å². The van der Waals surface area contributed by atoms with Gasteiger partial charge < -0.3 is 10.1 Å². The van der Waals surface area contributed by atoms with Gasteiger partial charge in [-0.15, -0.1) is 0 Å². The van der Waals surface area contributed by atoms with Gasteiger partial charge in [-0.1, -0.05) is 55.5 Å². The van der Waals surface area contributed by atoms with Crippen molar-refractivity contribution in [2.45, 2.75) is 27.4 Å². The first kappa shape index (κ1) is 16.2. The third kappa shape index (κ3) is 4.14. The molecule has 0 spiro atoms. The summed E-state index contributed by atoms with van der Waals surface area (Å²) < 4.78 is 5.28. The number of rotatable bonds is 5. The van der Waals surface area contributed by atoms with E-state index in [1.165, 1.54) is 0 Å². The van der Waals surface area contributed by atoms with Crippen molar-refractivity contribution < 1.29 is 14.3 Å². The van der Waals surface area contributed by atoms with Gasteiger partial charge in [0.1, 0.15) is 11.5 Å². The van der Waals surface area contributed by atoms with Crippen molar-refractivity contribution in [2.24, 2.45) is 5.92 Å². The maximum atomic E-state index is 12.1. The highest BCUT2D eigenvalue weighted by Crippen LogP contribution is 2.24. The quantitative estimate of drug-likeness (QED) is 0.858. The predicted molar refractivity (Wildman–Crippen MR) is 85.9 cm³/mol. The Labute approximate surface area is 133 Å². The largest absolute Gasteiger partial charge is 0.457 e. The van der Waals surface area contributed by atoms with Crippen LogP contribution < -0.4 is 5.32 Å². The summed E-state index contributed by atoms with van der Waals surface area (Å²) in [5.74, 6) is -0.695. The van der Waals surface area contributed by atoms with Gasteiger partial charge in [0.15, 0.2) is 5.13 Å². The Morgan fingerprint density at radius 3 is 2.59 bits per heavy atom. The summed E-state index contributed by atoms with van der Waals surface area (Å²) in [6.45, 7) is 5.53. The van der Waals surface area contributed by atoms with Gasteiger partial charge in [0.2, 0.25) is 5.91 Å². The number of thiazole rings is 1. The van der Waals surface area contributed by atoms with E-state index < -0.39 is 5.97 Å². The molecule has 6 heteroatoms. The van der Waals surface area contributed by atoms with Crippen LogP contribution in [0, 0.1) is 12.8 Å². The summed E-state index contributed by atoms with van der Waals surface area (Å²) in [7, 11) is 0. The van der Waals surface area contributed by atoms with E-state index in [2.05, 4.69) is 10.3 Å². The number of hydrogen-bond acceptors (Lipinski definition) is 5. The number of nitrogens with one attached hydrogen (secondary N) is 1. The van der Waals surface area contributed by atoms with E-state index >= 15 is 0 Å². The number of benzene rings is 1. The molecule has 1 N–H and O–H groups in total. The molecule has 116 valence electrons. The normalized spacial score (nSPS) is 10.5. The third-order valence-corrected chi connectivity index (χ3v) is 4.00. The number of ether oxygens (including phenoxy) is 1. The van der Waals surface area contributed by atoms with Crippen LogP contribution in [-0.4, -0.2) is 16.9 Å². The molecule has 2 aromatic rings. The molecular weight excluding hydrogens is 300 g/mol. The molecule has 0 aliphatic heterocycles. The van der Waals surface area contributed by atoms with Crippen molar-refractivity contribution in [2.75, 3.05) is 5.32 Å². The first-order valence-corrected chi connectivity index (χ1v) is 7.78. The summed E-state index contributed by atoms with van der Waals surface area (Å²) >= 11 is 1.13. The fourth-order valence-electron chi connectivity index (χ4n) is 1.68. The fraction of sp³-hybridized carbons (Fsp3) is 0.312. The molecular formula is C16H18N2O3S. The van der Waals surface area contributed by atoms with Gasteiger partial charge >= 0.3 is 5.97 Å². The Balaban J connectivity index is 2.01. The van der Waals surface area contributed by atoms with Crippen LogP contribution in [0.15, 0.2) is 30.3 Å². The molecule has 2 rings (SSSR count). The van der Waals surface area contributed by atoms with Crippen molar-refractivity contribution in [3.8, 4) is 0 Å². The van der Waals surface area contributed by atoms with E-state index in [0.29, 0.717) is 15.7 Å². The number of amides is 1.